The SMILES string of the molecule is COC(=O)C1=C(C)N=C2CCCC(=O)C2[C@@H]1c1sccc1C. The first-order valence-electron chi connectivity index (χ1n) is 7.47. The highest BCUT2D eigenvalue weighted by atomic mass is 32.1. The van der Waals surface area contributed by atoms with E-state index in [1.807, 2.05) is 25.3 Å². The van der Waals surface area contributed by atoms with Crippen LogP contribution in [0, 0.1) is 12.8 Å². The molecule has 0 aromatic carbocycles. The molecule has 0 bridgehead atoms. The summed E-state index contributed by atoms with van der Waals surface area (Å²) in [5.41, 5.74) is 3.27. The van der Waals surface area contributed by atoms with Gasteiger partial charge >= 0.3 is 5.97 Å². The molecule has 1 unspecified atom stereocenters. The largest absolute Gasteiger partial charge is 0.466 e. The van der Waals surface area contributed by atoms with Gasteiger partial charge in [-0.05, 0) is 43.7 Å². The van der Waals surface area contributed by atoms with Crippen LogP contribution in [0.25, 0.3) is 0 Å². The number of rotatable bonds is 2. The number of carbonyl (C=O) groups is 2. The highest BCUT2D eigenvalue weighted by Crippen LogP contribution is 2.45. The molecule has 1 aliphatic heterocycles. The van der Waals surface area contributed by atoms with E-state index in [1.165, 1.54) is 7.11 Å². The predicted octanol–water partition coefficient (Wildman–Crippen LogP) is 3.41. The number of esters is 1. The molecule has 0 amide bonds. The van der Waals surface area contributed by atoms with Crippen molar-refractivity contribution in [3.8, 4) is 0 Å². The second kappa shape index (κ2) is 5.80. The van der Waals surface area contributed by atoms with Gasteiger partial charge in [-0.3, -0.25) is 9.79 Å². The fourth-order valence-electron chi connectivity index (χ4n) is 3.48. The summed E-state index contributed by atoms with van der Waals surface area (Å²) in [6.45, 7) is 3.86. The minimum atomic E-state index is -0.378. The first-order chi connectivity index (χ1) is 10.5. The number of methoxy groups -OCH3 is 1. The van der Waals surface area contributed by atoms with Crippen molar-refractivity contribution < 1.29 is 14.3 Å². The smallest absolute Gasteiger partial charge is 0.336 e. The number of hydrogen-bond acceptors (Lipinski definition) is 5. The molecule has 3 rings (SSSR count). The molecular formula is C17H19NO3S. The molecule has 0 saturated heterocycles. The van der Waals surface area contributed by atoms with Gasteiger partial charge in [0, 0.05) is 28.6 Å². The van der Waals surface area contributed by atoms with Crippen LogP contribution in [0.15, 0.2) is 27.7 Å². The van der Waals surface area contributed by atoms with Crippen molar-refractivity contribution in [1.82, 2.24) is 0 Å². The maximum atomic E-state index is 12.6. The maximum absolute atomic E-state index is 12.6. The van der Waals surface area contributed by atoms with Gasteiger partial charge in [0.05, 0.1) is 18.6 Å². The van der Waals surface area contributed by atoms with Gasteiger partial charge < -0.3 is 4.74 Å². The molecule has 22 heavy (non-hydrogen) atoms. The van der Waals surface area contributed by atoms with Crippen LogP contribution in [0.2, 0.25) is 0 Å². The van der Waals surface area contributed by atoms with Crippen LogP contribution in [0.1, 0.15) is 42.5 Å². The molecule has 1 saturated carbocycles. The fourth-order valence-corrected chi connectivity index (χ4v) is 4.56. The summed E-state index contributed by atoms with van der Waals surface area (Å²) in [5, 5.41) is 2.01. The molecule has 1 fully saturated rings. The van der Waals surface area contributed by atoms with E-state index < -0.39 is 0 Å². The third-order valence-electron chi connectivity index (χ3n) is 4.50. The average Bonchev–Trinajstić information content (AvgIpc) is 2.91. The number of carbonyl (C=O) groups excluding carboxylic acids is 2. The second-order valence-corrected chi connectivity index (χ2v) is 6.78. The number of aliphatic imine (C=N–C) groups is 1. The quantitative estimate of drug-likeness (QED) is 0.785. The third-order valence-corrected chi connectivity index (χ3v) is 5.60. The first kappa shape index (κ1) is 15.2. The van der Waals surface area contributed by atoms with Crippen LogP contribution in [-0.2, 0) is 14.3 Å². The summed E-state index contributed by atoms with van der Waals surface area (Å²) >= 11 is 1.60. The Morgan fingerprint density at radius 1 is 1.32 bits per heavy atom. The van der Waals surface area contributed by atoms with Crippen LogP contribution in [0.3, 0.4) is 0 Å². The Balaban J connectivity index is 2.19. The standard InChI is InChI=1S/C17H19NO3S/c1-9-7-8-22-16(9)15-13(17(20)21-3)10(2)18-11-5-4-6-12(19)14(11)15/h7-8,14-15H,4-6H2,1-3H3/t14?,15-/m1/s1. The highest BCUT2D eigenvalue weighted by molar-refractivity contribution is 7.10. The molecule has 1 aliphatic carbocycles. The monoisotopic (exact) mass is 317 g/mol. The van der Waals surface area contributed by atoms with Gasteiger partial charge in [-0.2, -0.15) is 0 Å². The van der Waals surface area contributed by atoms with Crippen molar-refractivity contribution in [3.63, 3.8) is 0 Å². The van der Waals surface area contributed by atoms with Crippen LogP contribution in [-0.4, -0.2) is 24.6 Å². The first-order valence-corrected chi connectivity index (χ1v) is 8.35. The Hall–Kier alpha value is -1.75. The van der Waals surface area contributed by atoms with Gasteiger partial charge in [-0.1, -0.05) is 0 Å². The normalized spacial score (nSPS) is 24.9. The molecule has 1 aromatic rings. The van der Waals surface area contributed by atoms with E-state index in [0.29, 0.717) is 17.7 Å². The number of ether oxygens (including phenoxy) is 1. The predicted molar refractivity (Wildman–Crippen MR) is 86.3 cm³/mol. The Kier molecular flexibility index (Phi) is 4.00. The minimum absolute atomic E-state index is 0.191. The van der Waals surface area contributed by atoms with E-state index >= 15 is 0 Å². The Morgan fingerprint density at radius 2 is 2.09 bits per heavy atom. The summed E-state index contributed by atoms with van der Waals surface area (Å²) in [4.78, 5) is 30.5. The lowest BCUT2D eigenvalue weighted by Gasteiger charge is -2.35. The number of thiophene rings is 1. The number of nitrogens with zero attached hydrogens (tertiary/aromatic N) is 1. The second-order valence-electron chi connectivity index (χ2n) is 5.84. The number of fused-ring (bicyclic) bond motifs is 1. The lowest BCUT2D eigenvalue weighted by atomic mass is 9.71. The zero-order valence-electron chi connectivity index (χ0n) is 13.0. The van der Waals surface area contributed by atoms with Crippen molar-refractivity contribution in [2.45, 2.75) is 39.0 Å². The van der Waals surface area contributed by atoms with Crippen molar-refractivity contribution in [2.24, 2.45) is 10.9 Å². The summed E-state index contributed by atoms with van der Waals surface area (Å²) in [5.74, 6) is -0.732. The Morgan fingerprint density at radius 3 is 2.73 bits per heavy atom. The molecule has 2 atom stereocenters. The van der Waals surface area contributed by atoms with Gasteiger partial charge in [0.25, 0.3) is 0 Å². The zero-order chi connectivity index (χ0) is 15.9. The van der Waals surface area contributed by atoms with Gasteiger partial charge in [0.1, 0.15) is 5.78 Å². The lowest BCUT2D eigenvalue weighted by Crippen LogP contribution is -2.38. The summed E-state index contributed by atoms with van der Waals surface area (Å²) in [7, 11) is 1.38. The van der Waals surface area contributed by atoms with Gasteiger partial charge in [-0.25, -0.2) is 4.79 Å². The highest BCUT2D eigenvalue weighted by Gasteiger charge is 2.44. The number of hydrogen-bond donors (Lipinski definition) is 0. The molecule has 116 valence electrons. The molecule has 1 aromatic heterocycles. The molecule has 2 heterocycles. The van der Waals surface area contributed by atoms with Crippen molar-refractivity contribution in [1.29, 1.82) is 0 Å². The Bertz CT molecular complexity index is 699. The minimum Gasteiger partial charge on any atom is -0.466 e. The summed E-state index contributed by atoms with van der Waals surface area (Å²) in [6.07, 6.45) is 2.26. The van der Waals surface area contributed by atoms with Crippen LogP contribution in [0.4, 0.5) is 0 Å². The average molecular weight is 317 g/mol. The third kappa shape index (κ3) is 2.33. The van der Waals surface area contributed by atoms with E-state index in [2.05, 4.69) is 4.99 Å². The van der Waals surface area contributed by atoms with E-state index in [4.69, 9.17) is 4.74 Å². The molecule has 2 aliphatic rings. The van der Waals surface area contributed by atoms with E-state index in [-0.39, 0.29) is 23.6 Å². The summed E-state index contributed by atoms with van der Waals surface area (Å²) in [6, 6.07) is 2.03. The number of Topliss-reactive ketones (excluding diaryl/α,β-unsaturated/α-hetero) is 1. The maximum Gasteiger partial charge on any atom is 0.336 e. The fraction of sp³-hybridized carbons (Fsp3) is 0.471. The van der Waals surface area contributed by atoms with E-state index in [1.54, 1.807) is 11.3 Å². The molecule has 0 spiro atoms. The lowest BCUT2D eigenvalue weighted by molar-refractivity contribution is -0.136. The summed E-state index contributed by atoms with van der Waals surface area (Å²) < 4.78 is 4.97. The van der Waals surface area contributed by atoms with Crippen molar-refractivity contribution in [3.05, 3.63) is 33.2 Å². The molecule has 0 radical (unpaired) electrons. The van der Waals surface area contributed by atoms with Crippen LogP contribution < -0.4 is 0 Å². The van der Waals surface area contributed by atoms with Gasteiger partial charge in [-0.15, -0.1) is 11.3 Å². The van der Waals surface area contributed by atoms with E-state index in [0.717, 1.165) is 29.0 Å². The molecule has 5 heteroatoms. The molecule has 0 N–H and O–H groups in total. The van der Waals surface area contributed by atoms with Crippen molar-refractivity contribution >= 4 is 28.8 Å². The zero-order valence-corrected chi connectivity index (χ0v) is 13.8. The number of aryl methyl sites for hydroxylation is 1. The molecule has 4 nitrogen and oxygen atoms in total. The number of ketones is 1. The van der Waals surface area contributed by atoms with Crippen LogP contribution >= 0.6 is 11.3 Å². The number of allylic oxidation sites excluding steroid dienone is 1. The van der Waals surface area contributed by atoms with Gasteiger partial charge in [0.15, 0.2) is 0 Å². The van der Waals surface area contributed by atoms with Gasteiger partial charge in [0.2, 0.25) is 0 Å². The Labute approximate surface area is 133 Å². The van der Waals surface area contributed by atoms with E-state index in [9.17, 15) is 9.59 Å². The topological polar surface area (TPSA) is 55.7 Å². The molecular weight excluding hydrogens is 298 g/mol. The van der Waals surface area contributed by atoms with Crippen LogP contribution in [0.5, 0.6) is 0 Å². The van der Waals surface area contributed by atoms with Crippen molar-refractivity contribution in [2.75, 3.05) is 7.11 Å².